The molecule has 0 saturated heterocycles. The third-order valence-corrected chi connectivity index (χ3v) is 2.97. The molecule has 15 heavy (non-hydrogen) atoms. The van der Waals surface area contributed by atoms with Crippen LogP contribution < -0.4 is 0 Å². The molecule has 1 N–H and O–H groups in total. The minimum absolute atomic E-state index is 0.318. The standard InChI is InChI=1S/C13H19ClO/c1-8(2)10-5-6-12(15)11(7-14)13(10)9(3)4/h5-6,8-9,15H,7H2,1-4H3. The molecule has 0 aliphatic rings. The van der Waals surface area contributed by atoms with Gasteiger partial charge in [-0.25, -0.2) is 0 Å². The van der Waals surface area contributed by atoms with Crippen LogP contribution in [0.1, 0.15) is 56.2 Å². The first-order valence-electron chi connectivity index (χ1n) is 5.39. The lowest BCUT2D eigenvalue weighted by Gasteiger charge is -2.20. The van der Waals surface area contributed by atoms with Crippen LogP contribution in [0, 0.1) is 0 Å². The SMILES string of the molecule is CC(C)c1ccc(O)c(CCl)c1C(C)C. The molecule has 84 valence electrons. The number of halogens is 1. The van der Waals surface area contributed by atoms with Gasteiger partial charge in [0.25, 0.3) is 0 Å². The molecule has 0 saturated carbocycles. The fourth-order valence-electron chi connectivity index (χ4n) is 2.00. The zero-order chi connectivity index (χ0) is 11.6. The van der Waals surface area contributed by atoms with Crippen molar-refractivity contribution >= 4 is 11.6 Å². The molecule has 0 atom stereocenters. The smallest absolute Gasteiger partial charge is 0.120 e. The lowest BCUT2D eigenvalue weighted by Crippen LogP contribution is -2.03. The Labute approximate surface area is 97.1 Å². The predicted octanol–water partition coefficient (Wildman–Crippen LogP) is 4.38. The highest BCUT2D eigenvalue weighted by Gasteiger charge is 2.16. The maximum absolute atomic E-state index is 9.76. The van der Waals surface area contributed by atoms with Crippen molar-refractivity contribution in [3.8, 4) is 5.75 Å². The van der Waals surface area contributed by atoms with Gasteiger partial charge in [-0.05, 0) is 29.0 Å². The minimum Gasteiger partial charge on any atom is -0.508 e. The first kappa shape index (κ1) is 12.4. The van der Waals surface area contributed by atoms with Crippen molar-refractivity contribution in [1.29, 1.82) is 0 Å². The zero-order valence-electron chi connectivity index (χ0n) is 9.84. The number of aromatic hydroxyl groups is 1. The largest absolute Gasteiger partial charge is 0.508 e. The van der Waals surface area contributed by atoms with Crippen LogP contribution in [0.4, 0.5) is 0 Å². The molecule has 1 aromatic carbocycles. The van der Waals surface area contributed by atoms with E-state index >= 15 is 0 Å². The van der Waals surface area contributed by atoms with Crippen LogP contribution in [-0.2, 0) is 5.88 Å². The normalized spacial score (nSPS) is 11.4. The molecular formula is C13H19ClO. The van der Waals surface area contributed by atoms with Gasteiger partial charge in [0.05, 0.1) is 5.88 Å². The number of hydrogen-bond donors (Lipinski definition) is 1. The highest BCUT2D eigenvalue weighted by atomic mass is 35.5. The maximum Gasteiger partial charge on any atom is 0.120 e. The number of alkyl halides is 1. The van der Waals surface area contributed by atoms with Crippen LogP contribution >= 0.6 is 11.6 Å². The second kappa shape index (κ2) is 4.89. The van der Waals surface area contributed by atoms with Crippen LogP contribution in [0.2, 0.25) is 0 Å². The summed E-state index contributed by atoms with van der Waals surface area (Å²) in [6.07, 6.45) is 0. The van der Waals surface area contributed by atoms with E-state index < -0.39 is 0 Å². The van der Waals surface area contributed by atoms with E-state index in [1.165, 1.54) is 11.1 Å². The molecule has 2 heteroatoms. The van der Waals surface area contributed by atoms with Crippen LogP contribution in [0.3, 0.4) is 0 Å². The molecular weight excluding hydrogens is 208 g/mol. The summed E-state index contributed by atoms with van der Waals surface area (Å²) in [5.41, 5.74) is 3.39. The Kier molecular flexibility index (Phi) is 4.04. The fourth-order valence-corrected chi connectivity index (χ4v) is 2.28. The zero-order valence-corrected chi connectivity index (χ0v) is 10.6. The topological polar surface area (TPSA) is 20.2 Å². The lowest BCUT2D eigenvalue weighted by molar-refractivity contribution is 0.468. The van der Waals surface area contributed by atoms with E-state index in [1.54, 1.807) is 6.07 Å². The van der Waals surface area contributed by atoms with Crippen molar-refractivity contribution < 1.29 is 5.11 Å². The van der Waals surface area contributed by atoms with Gasteiger partial charge in [0, 0.05) is 5.56 Å². The quantitative estimate of drug-likeness (QED) is 0.759. The molecule has 0 bridgehead atoms. The van der Waals surface area contributed by atoms with Gasteiger partial charge in [-0.15, -0.1) is 11.6 Å². The van der Waals surface area contributed by atoms with Crippen LogP contribution in [0.25, 0.3) is 0 Å². The molecule has 0 heterocycles. The van der Waals surface area contributed by atoms with E-state index in [1.807, 2.05) is 6.07 Å². The highest BCUT2D eigenvalue weighted by molar-refractivity contribution is 6.17. The predicted molar refractivity (Wildman–Crippen MR) is 65.8 cm³/mol. The van der Waals surface area contributed by atoms with E-state index in [0.29, 0.717) is 23.5 Å². The van der Waals surface area contributed by atoms with Crippen molar-refractivity contribution in [3.63, 3.8) is 0 Å². The van der Waals surface area contributed by atoms with Crippen LogP contribution in [-0.4, -0.2) is 5.11 Å². The van der Waals surface area contributed by atoms with Crippen LogP contribution in [0.5, 0.6) is 5.75 Å². The van der Waals surface area contributed by atoms with Crippen molar-refractivity contribution in [1.82, 2.24) is 0 Å². The summed E-state index contributed by atoms with van der Waals surface area (Å²) in [5.74, 6) is 1.55. The second-order valence-corrected chi connectivity index (χ2v) is 4.78. The van der Waals surface area contributed by atoms with E-state index in [-0.39, 0.29) is 0 Å². The molecule has 0 aliphatic heterocycles. The van der Waals surface area contributed by atoms with Gasteiger partial charge in [0.15, 0.2) is 0 Å². The number of phenols is 1. The van der Waals surface area contributed by atoms with Crippen molar-refractivity contribution in [2.75, 3.05) is 0 Å². The van der Waals surface area contributed by atoms with Gasteiger partial charge >= 0.3 is 0 Å². The van der Waals surface area contributed by atoms with Crippen molar-refractivity contribution in [2.45, 2.75) is 45.4 Å². The number of benzene rings is 1. The van der Waals surface area contributed by atoms with Gasteiger partial charge < -0.3 is 5.11 Å². The number of rotatable bonds is 3. The minimum atomic E-state index is 0.318. The lowest BCUT2D eigenvalue weighted by atomic mass is 9.87. The van der Waals surface area contributed by atoms with E-state index in [4.69, 9.17) is 11.6 Å². The highest BCUT2D eigenvalue weighted by Crippen LogP contribution is 2.35. The molecule has 0 amide bonds. The Morgan fingerprint density at radius 3 is 2.13 bits per heavy atom. The summed E-state index contributed by atoms with van der Waals surface area (Å²) in [4.78, 5) is 0. The molecule has 0 radical (unpaired) electrons. The Morgan fingerprint density at radius 1 is 1.13 bits per heavy atom. The van der Waals surface area contributed by atoms with Crippen molar-refractivity contribution in [2.24, 2.45) is 0 Å². The molecule has 0 aromatic heterocycles. The van der Waals surface area contributed by atoms with Gasteiger partial charge in [0.2, 0.25) is 0 Å². The Morgan fingerprint density at radius 2 is 1.73 bits per heavy atom. The Balaban J connectivity index is 3.42. The van der Waals surface area contributed by atoms with Gasteiger partial charge in [-0.1, -0.05) is 33.8 Å². The average Bonchev–Trinajstić information content (AvgIpc) is 2.16. The first-order chi connectivity index (χ1) is 6.99. The molecule has 1 rings (SSSR count). The summed E-state index contributed by atoms with van der Waals surface area (Å²) >= 11 is 5.90. The summed E-state index contributed by atoms with van der Waals surface area (Å²) < 4.78 is 0. The molecule has 0 aliphatic carbocycles. The van der Waals surface area contributed by atoms with E-state index in [0.717, 1.165) is 5.56 Å². The molecule has 0 unspecified atom stereocenters. The maximum atomic E-state index is 9.76. The summed E-state index contributed by atoms with van der Waals surface area (Å²) in [5, 5.41) is 9.76. The van der Waals surface area contributed by atoms with Gasteiger partial charge in [0.1, 0.15) is 5.75 Å². The third kappa shape index (κ3) is 2.46. The molecule has 1 aromatic rings. The Hall–Kier alpha value is -0.690. The molecule has 0 spiro atoms. The third-order valence-electron chi connectivity index (χ3n) is 2.70. The fraction of sp³-hybridized carbons (Fsp3) is 0.538. The van der Waals surface area contributed by atoms with Gasteiger partial charge in [-0.3, -0.25) is 0 Å². The Bertz CT molecular complexity index is 343. The monoisotopic (exact) mass is 226 g/mol. The number of phenolic OH excluding ortho intramolecular Hbond substituents is 1. The van der Waals surface area contributed by atoms with Crippen LogP contribution in [0.15, 0.2) is 12.1 Å². The summed E-state index contributed by atoms with van der Waals surface area (Å²) in [6, 6.07) is 3.75. The van der Waals surface area contributed by atoms with E-state index in [2.05, 4.69) is 27.7 Å². The van der Waals surface area contributed by atoms with E-state index in [9.17, 15) is 5.11 Å². The average molecular weight is 227 g/mol. The molecule has 0 fully saturated rings. The second-order valence-electron chi connectivity index (χ2n) is 4.51. The van der Waals surface area contributed by atoms with Gasteiger partial charge in [-0.2, -0.15) is 0 Å². The molecule has 1 nitrogen and oxygen atoms in total. The van der Waals surface area contributed by atoms with Crippen molar-refractivity contribution in [3.05, 3.63) is 28.8 Å². The number of hydrogen-bond acceptors (Lipinski definition) is 1. The summed E-state index contributed by atoms with van der Waals surface area (Å²) in [7, 11) is 0. The first-order valence-corrected chi connectivity index (χ1v) is 5.93. The summed E-state index contributed by atoms with van der Waals surface area (Å²) in [6.45, 7) is 8.60.